The second-order valence-corrected chi connectivity index (χ2v) is 7.09. The van der Waals surface area contributed by atoms with Gasteiger partial charge in [0, 0.05) is 0 Å². The molecule has 1 aromatic carbocycles. The third-order valence-electron chi connectivity index (χ3n) is 3.83. The van der Waals surface area contributed by atoms with Gasteiger partial charge in [0.25, 0.3) is 10.1 Å². The highest BCUT2D eigenvalue weighted by molar-refractivity contribution is 7.85. The largest absolute Gasteiger partial charge is 0.294 e. The number of benzene rings is 1. The maximum absolute atomic E-state index is 11.3. The van der Waals surface area contributed by atoms with Crippen LogP contribution in [-0.4, -0.2) is 13.0 Å². The van der Waals surface area contributed by atoms with Crippen LogP contribution in [0.2, 0.25) is 0 Å². The molecule has 0 fully saturated rings. The normalized spacial score (nSPS) is 13.4. The second kappa shape index (κ2) is 7.79. The zero-order valence-electron chi connectivity index (χ0n) is 12.7. The van der Waals surface area contributed by atoms with Gasteiger partial charge < -0.3 is 0 Å². The lowest BCUT2D eigenvalue weighted by Gasteiger charge is -2.10. The predicted octanol–water partition coefficient (Wildman–Crippen LogP) is 4.39. The van der Waals surface area contributed by atoms with Crippen molar-refractivity contribution in [3.8, 4) is 0 Å². The summed E-state index contributed by atoms with van der Waals surface area (Å²) in [5, 5.41) is 0. The number of rotatable bonds is 8. The van der Waals surface area contributed by atoms with Crippen LogP contribution in [0.15, 0.2) is 23.1 Å². The molecule has 0 aliphatic carbocycles. The van der Waals surface area contributed by atoms with Gasteiger partial charge in [-0.2, -0.15) is 8.42 Å². The Morgan fingerprint density at radius 3 is 2.50 bits per heavy atom. The van der Waals surface area contributed by atoms with Gasteiger partial charge in [0.05, 0.1) is 4.90 Å². The Bertz CT molecular complexity index is 521. The molecule has 0 unspecified atom stereocenters. The monoisotopic (exact) mass is 298 g/mol. The minimum Gasteiger partial charge on any atom is -0.282 e. The van der Waals surface area contributed by atoms with E-state index in [9.17, 15) is 13.0 Å². The highest BCUT2D eigenvalue weighted by atomic mass is 32.2. The first-order valence-electron chi connectivity index (χ1n) is 7.41. The van der Waals surface area contributed by atoms with E-state index in [2.05, 4.69) is 13.8 Å². The maximum Gasteiger partial charge on any atom is 0.294 e. The summed E-state index contributed by atoms with van der Waals surface area (Å²) in [5.41, 5.74) is 1.75. The molecule has 0 heterocycles. The number of hydrogen-bond acceptors (Lipinski definition) is 2. The van der Waals surface area contributed by atoms with Gasteiger partial charge in [0.2, 0.25) is 0 Å². The first kappa shape index (κ1) is 17.2. The Labute approximate surface area is 123 Å². The van der Waals surface area contributed by atoms with Crippen LogP contribution in [0.25, 0.3) is 0 Å². The van der Waals surface area contributed by atoms with E-state index in [4.69, 9.17) is 0 Å². The third kappa shape index (κ3) is 5.63. The van der Waals surface area contributed by atoms with E-state index in [1.165, 1.54) is 25.3 Å². The van der Waals surface area contributed by atoms with Gasteiger partial charge in [0.15, 0.2) is 0 Å². The zero-order valence-corrected chi connectivity index (χ0v) is 13.5. The summed E-state index contributed by atoms with van der Waals surface area (Å²) in [6.45, 7) is 6.40. The van der Waals surface area contributed by atoms with Crippen LogP contribution < -0.4 is 0 Å². The van der Waals surface area contributed by atoms with Crippen LogP contribution in [0.3, 0.4) is 0 Å². The summed E-state index contributed by atoms with van der Waals surface area (Å²) in [6, 6.07) is 5.08. The van der Waals surface area contributed by atoms with Gasteiger partial charge in [-0.3, -0.25) is 4.55 Å². The highest BCUT2D eigenvalue weighted by Gasteiger charge is 2.14. The standard InChI is InChI=1S/C16H26O3S/c1-4-13(2)8-6-5-7-9-15-12-14(3)10-11-16(15)20(17,18)19/h10-13H,4-9H2,1-3H3,(H,17,18,19)/t13-/m0/s1. The molecule has 0 bridgehead atoms. The number of unbranched alkanes of at least 4 members (excludes halogenated alkanes) is 2. The van der Waals surface area contributed by atoms with Crippen LogP contribution in [0.4, 0.5) is 0 Å². The molecular weight excluding hydrogens is 272 g/mol. The summed E-state index contributed by atoms with van der Waals surface area (Å²) < 4.78 is 31.9. The lowest BCUT2D eigenvalue weighted by atomic mass is 9.99. The molecular formula is C16H26O3S. The zero-order chi connectivity index (χ0) is 15.2. The summed E-state index contributed by atoms with van der Waals surface area (Å²) in [7, 11) is -4.11. The smallest absolute Gasteiger partial charge is 0.282 e. The minimum absolute atomic E-state index is 0.0602. The van der Waals surface area contributed by atoms with E-state index in [0.29, 0.717) is 6.42 Å². The Hall–Kier alpha value is -0.870. The van der Waals surface area contributed by atoms with Crippen LogP contribution in [0, 0.1) is 12.8 Å². The van der Waals surface area contributed by atoms with Crippen molar-refractivity contribution in [3.63, 3.8) is 0 Å². The average Bonchev–Trinajstić information content (AvgIpc) is 2.36. The molecule has 4 heteroatoms. The Morgan fingerprint density at radius 2 is 1.90 bits per heavy atom. The van der Waals surface area contributed by atoms with E-state index in [1.54, 1.807) is 6.07 Å². The van der Waals surface area contributed by atoms with Gasteiger partial charge in [-0.05, 0) is 37.3 Å². The molecule has 3 nitrogen and oxygen atoms in total. The third-order valence-corrected chi connectivity index (χ3v) is 4.79. The van der Waals surface area contributed by atoms with E-state index in [1.807, 2.05) is 13.0 Å². The molecule has 0 aliphatic rings. The van der Waals surface area contributed by atoms with Crippen molar-refractivity contribution in [3.05, 3.63) is 29.3 Å². The molecule has 0 spiro atoms. The molecule has 0 saturated heterocycles. The van der Waals surface area contributed by atoms with Crippen molar-refractivity contribution in [2.24, 2.45) is 5.92 Å². The molecule has 20 heavy (non-hydrogen) atoms. The Kier molecular flexibility index (Phi) is 6.69. The summed E-state index contributed by atoms with van der Waals surface area (Å²) in [6.07, 6.45) is 6.39. The SMILES string of the molecule is CC[C@H](C)CCCCCc1cc(C)ccc1S(=O)(=O)O. The summed E-state index contributed by atoms with van der Waals surface area (Å²) in [5.74, 6) is 0.766. The lowest BCUT2D eigenvalue weighted by molar-refractivity contribution is 0.475. The number of aryl methyl sites for hydroxylation is 2. The van der Waals surface area contributed by atoms with Gasteiger partial charge in [-0.25, -0.2) is 0 Å². The van der Waals surface area contributed by atoms with Crippen molar-refractivity contribution >= 4 is 10.1 Å². The molecule has 1 atom stereocenters. The predicted molar refractivity (Wildman–Crippen MR) is 82.6 cm³/mol. The van der Waals surface area contributed by atoms with Crippen LogP contribution in [0.5, 0.6) is 0 Å². The highest BCUT2D eigenvalue weighted by Crippen LogP contribution is 2.20. The first-order valence-corrected chi connectivity index (χ1v) is 8.85. The number of hydrogen-bond donors (Lipinski definition) is 1. The van der Waals surface area contributed by atoms with Crippen molar-refractivity contribution in [2.45, 2.75) is 64.2 Å². The van der Waals surface area contributed by atoms with Crippen molar-refractivity contribution < 1.29 is 13.0 Å². The fourth-order valence-electron chi connectivity index (χ4n) is 2.34. The first-order chi connectivity index (χ1) is 9.34. The van der Waals surface area contributed by atoms with Gasteiger partial charge in [-0.1, -0.05) is 57.2 Å². The average molecular weight is 298 g/mol. The van der Waals surface area contributed by atoms with Crippen LogP contribution in [-0.2, 0) is 16.5 Å². The van der Waals surface area contributed by atoms with Crippen molar-refractivity contribution in [1.82, 2.24) is 0 Å². The van der Waals surface area contributed by atoms with Crippen LogP contribution >= 0.6 is 0 Å². The van der Waals surface area contributed by atoms with Crippen molar-refractivity contribution in [1.29, 1.82) is 0 Å². The summed E-state index contributed by atoms with van der Waals surface area (Å²) >= 11 is 0. The summed E-state index contributed by atoms with van der Waals surface area (Å²) in [4.78, 5) is 0.0602. The van der Waals surface area contributed by atoms with Crippen LogP contribution in [0.1, 0.15) is 57.1 Å². The van der Waals surface area contributed by atoms with E-state index >= 15 is 0 Å². The quantitative estimate of drug-likeness (QED) is 0.572. The fraction of sp³-hybridized carbons (Fsp3) is 0.625. The molecule has 0 aromatic heterocycles. The van der Waals surface area contributed by atoms with E-state index in [0.717, 1.165) is 29.9 Å². The molecule has 0 radical (unpaired) electrons. The second-order valence-electron chi connectivity index (χ2n) is 5.70. The topological polar surface area (TPSA) is 54.4 Å². The molecule has 1 N–H and O–H groups in total. The maximum atomic E-state index is 11.3. The molecule has 1 aromatic rings. The Balaban J connectivity index is 2.57. The molecule has 1 rings (SSSR count). The molecule has 0 amide bonds. The van der Waals surface area contributed by atoms with Gasteiger partial charge >= 0.3 is 0 Å². The fourth-order valence-corrected chi connectivity index (χ4v) is 3.08. The van der Waals surface area contributed by atoms with E-state index in [-0.39, 0.29) is 4.90 Å². The van der Waals surface area contributed by atoms with E-state index < -0.39 is 10.1 Å². The molecule has 114 valence electrons. The molecule has 0 aliphatic heterocycles. The molecule has 0 saturated carbocycles. The minimum atomic E-state index is -4.11. The van der Waals surface area contributed by atoms with Gasteiger partial charge in [0.1, 0.15) is 0 Å². The Morgan fingerprint density at radius 1 is 1.20 bits per heavy atom. The van der Waals surface area contributed by atoms with Crippen molar-refractivity contribution in [2.75, 3.05) is 0 Å². The van der Waals surface area contributed by atoms with Gasteiger partial charge in [-0.15, -0.1) is 0 Å². The lowest BCUT2D eigenvalue weighted by Crippen LogP contribution is -2.04.